The summed E-state index contributed by atoms with van der Waals surface area (Å²) in [5, 5.41) is 4.49. The number of hydrogen-bond donors (Lipinski definition) is 1. The number of carbonyl (C=O) groups is 1. The van der Waals surface area contributed by atoms with E-state index >= 15 is 0 Å². The van der Waals surface area contributed by atoms with E-state index in [-0.39, 0.29) is 5.97 Å². The number of esters is 1. The lowest BCUT2D eigenvalue weighted by atomic mass is 10.1. The van der Waals surface area contributed by atoms with Crippen molar-refractivity contribution in [3.05, 3.63) is 63.1 Å². The summed E-state index contributed by atoms with van der Waals surface area (Å²) in [6.07, 6.45) is 0. The molecule has 0 aliphatic rings. The molecule has 2 aromatic rings. The van der Waals surface area contributed by atoms with Gasteiger partial charge in [0.2, 0.25) is 0 Å². The fraction of sp³-hybridized carbons (Fsp3) is 0.188. The van der Waals surface area contributed by atoms with Crippen molar-refractivity contribution in [2.75, 3.05) is 12.4 Å². The summed E-state index contributed by atoms with van der Waals surface area (Å²) in [4.78, 5) is 11.7. The van der Waals surface area contributed by atoms with E-state index in [1.54, 1.807) is 18.2 Å². The van der Waals surface area contributed by atoms with Crippen LogP contribution in [0, 0.1) is 6.92 Å². The van der Waals surface area contributed by atoms with Gasteiger partial charge < -0.3 is 10.1 Å². The quantitative estimate of drug-likeness (QED) is 0.829. The zero-order valence-corrected chi connectivity index (χ0v) is 13.3. The van der Waals surface area contributed by atoms with Crippen LogP contribution in [-0.4, -0.2) is 13.1 Å². The van der Waals surface area contributed by atoms with Gasteiger partial charge >= 0.3 is 5.97 Å². The number of hydrogen-bond acceptors (Lipinski definition) is 3. The van der Waals surface area contributed by atoms with Crippen molar-refractivity contribution in [2.24, 2.45) is 0 Å². The third-order valence-corrected chi connectivity index (χ3v) is 3.81. The summed E-state index contributed by atoms with van der Waals surface area (Å²) in [6.45, 7) is 2.42. The lowest BCUT2D eigenvalue weighted by molar-refractivity contribution is 0.0600. The van der Waals surface area contributed by atoms with Gasteiger partial charge in [0.15, 0.2) is 0 Å². The molecule has 0 atom stereocenters. The predicted molar refractivity (Wildman–Crippen MR) is 86.3 cm³/mol. The van der Waals surface area contributed by atoms with E-state index in [4.69, 9.17) is 27.9 Å². The molecule has 0 saturated heterocycles. The van der Waals surface area contributed by atoms with Crippen LogP contribution in [0.4, 0.5) is 5.69 Å². The Morgan fingerprint density at radius 3 is 2.67 bits per heavy atom. The predicted octanol–water partition coefficient (Wildman–Crippen LogP) is 4.70. The first-order valence-corrected chi connectivity index (χ1v) is 7.14. The molecule has 0 aliphatic carbocycles. The van der Waals surface area contributed by atoms with E-state index in [1.807, 2.05) is 25.1 Å². The summed E-state index contributed by atoms with van der Waals surface area (Å²) >= 11 is 12.0. The number of benzene rings is 2. The van der Waals surface area contributed by atoms with Gasteiger partial charge in [0.25, 0.3) is 0 Å². The monoisotopic (exact) mass is 323 g/mol. The molecule has 0 fully saturated rings. The Morgan fingerprint density at radius 2 is 2.00 bits per heavy atom. The van der Waals surface area contributed by atoms with Gasteiger partial charge in [0, 0.05) is 22.3 Å². The number of halogens is 2. The second-order valence-corrected chi connectivity index (χ2v) is 5.40. The molecule has 5 heteroatoms. The van der Waals surface area contributed by atoms with Crippen LogP contribution in [-0.2, 0) is 11.3 Å². The SMILES string of the molecule is COC(=O)c1cccc(NCc2ccc(Cl)cc2Cl)c1C. The molecule has 0 heterocycles. The normalized spacial score (nSPS) is 10.3. The van der Waals surface area contributed by atoms with Crippen LogP contribution in [0.1, 0.15) is 21.5 Å². The van der Waals surface area contributed by atoms with Crippen LogP contribution in [0.2, 0.25) is 10.0 Å². The molecular formula is C16H15Cl2NO2. The highest BCUT2D eigenvalue weighted by Crippen LogP contribution is 2.24. The van der Waals surface area contributed by atoms with Crippen LogP contribution in [0.5, 0.6) is 0 Å². The number of nitrogens with one attached hydrogen (secondary N) is 1. The molecule has 0 aromatic heterocycles. The fourth-order valence-corrected chi connectivity index (χ4v) is 2.49. The highest BCUT2D eigenvalue weighted by molar-refractivity contribution is 6.35. The Labute approximate surface area is 133 Å². The van der Waals surface area contributed by atoms with Gasteiger partial charge in [0.05, 0.1) is 12.7 Å². The number of methoxy groups -OCH3 is 1. The molecule has 3 nitrogen and oxygen atoms in total. The molecule has 0 bridgehead atoms. The molecule has 21 heavy (non-hydrogen) atoms. The molecule has 2 aromatic carbocycles. The minimum absolute atomic E-state index is 0.347. The molecule has 0 saturated carbocycles. The maximum atomic E-state index is 11.7. The van der Waals surface area contributed by atoms with Crippen LogP contribution in [0.3, 0.4) is 0 Å². The highest BCUT2D eigenvalue weighted by atomic mass is 35.5. The molecule has 0 unspecified atom stereocenters. The van der Waals surface area contributed by atoms with E-state index in [0.717, 1.165) is 16.8 Å². The maximum Gasteiger partial charge on any atom is 0.338 e. The minimum atomic E-state index is -0.347. The molecule has 0 aliphatic heterocycles. The maximum absolute atomic E-state index is 11.7. The summed E-state index contributed by atoms with van der Waals surface area (Å²) in [5.74, 6) is -0.347. The topological polar surface area (TPSA) is 38.3 Å². The average Bonchev–Trinajstić information content (AvgIpc) is 2.47. The second kappa shape index (κ2) is 6.83. The van der Waals surface area contributed by atoms with E-state index in [0.29, 0.717) is 22.2 Å². The molecule has 0 spiro atoms. The molecule has 0 amide bonds. The van der Waals surface area contributed by atoms with Gasteiger partial charge in [-0.2, -0.15) is 0 Å². The van der Waals surface area contributed by atoms with Gasteiger partial charge in [-0.3, -0.25) is 0 Å². The Kier molecular flexibility index (Phi) is 5.10. The summed E-state index contributed by atoms with van der Waals surface area (Å²) in [6, 6.07) is 10.8. The number of ether oxygens (including phenoxy) is 1. The number of carbonyl (C=O) groups excluding carboxylic acids is 1. The van der Waals surface area contributed by atoms with Crippen molar-refractivity contribution in [2.45, 2.75) is 13.5 Å². The lowest BCUT2D eigenvalue weighted by Gasteiger charge is -2.13. The third kappa shape index (κ3) is 3.69. The third-order valence-electron chi connectivity index (χ3n) is 3.22. The number of anilines is 1. The summed E-state index contributed by atoms with van der Waals surface area (Å²) in [7, 11) is 1.37. The first-order valence-electron chi connectivity index (χ1n) is 6.38. The van der Waals surface area contributed by atoms with Crippen LogP contribution < -0.4 is 5.32 Å². The molecule has 0 radical (unpaired) electrons. The zero-order valence-electron chi connectivity index (χ0n) is 11.7. The van der Waals surface area contributed by atoms with E-state index < -0.39 is 0 Å². The van der Waals surface area contributed by atoms with Crippen LogP contribution >= 0.6 is 23.2 Å². The largest absolute Gasteiger partial charge is 0.465 e. The Morgan fingerprint density at radius 1 is 1.24 bits per heavy atom. The smallest absolute Gasteiger partial charge is 0.338 e. The van der Waals surface area contributed by atoms with Crippen molar-refractivity contribution in [3.63, 3.8) is 0 Å². The van der Waals surface area contributed by atoms with E-state index in [9.17, 15) is 4.79 Å². The molecule has 110 valence electrons. The highest BCUT2D eigenvalue weighted by Gasteiger charge is 2.11. The fourth-order valence-electron chi connectivity index (χ4n) is 2.01. The van der Waals surface area contributed by atoms with E-state index in [1.165, 1.54) is 7.11 Å². The standard InChI is InChI=1S/C16H15Cl2NO2/c1-10-13(16(20)21-2)4-3-5-15(10)19-9-11-6-7-12(17)8-14(11)18/h3-8,19H,9H2,1-2H3. The van der Waals surface area contributed by atoms with Gasteiger partial charge in [-0.1, -0.05) is 35.3 Å². The van der Waals surface area contributed by atoms with Crippen molar-refractivity contribution in [1.82, 2.24) is 0 Å². The average molecular weight is 324 g/mol. The van der Waals surface area contributed by atoms with Gasteiger partial charge in [-0.15, -0.1) is 0 Å². The lowest BCUT2D eigenvalue weighted by Crippen LogP contribution is -2.07. The summed E-state index contributed by atoms with van der Waals surface area (Å²) < 4.78 is 4.76. The van der Waals surface area contributed by atoms with Crippen molar-refractivity contribution >= 4 is 34.9 Å². The molecular weight excluding hydrogens is 309 g/mol. The van der Waals surface area contributed by atoms with Gasteiger partial charge in [-0.25, -0.2) is 4.79 Å². The number of rotatable bonds is 4. The zero-order chi connectivity index (χ0) is 15.4. The van der Waals surface area contributed by atoms with Crippen molar-refractivity contribution < 1.29 is 9.53 Å². The Balaban J connectivity index is 2.18. The second-order valence-electron chi connectivity index (χ2n) is 4.56. The van der Waals surface area contributed by atoms with Crippen molar-refractivity contribution in [1.29, 1.82) is 0 Å². The van der Waals surface area contributed by atoms with Crippen LogP contribution in [0.15, 0.2) is 36.4 Å². The Hall–Kier alpha value is -1.71. The Bertz CT molecular complexity index is 671. The van der Waals surface area contributed by atoms with Gasteiger partial charge in [-0.05, 0) is 42.3 Å². The van der Waals surface area contributed by atoms with Crippen LogP contribution in [0.25, 0.3) is 0 Å². The van der Waals surface area contributed by atoms with E-state index in [2.05, 4.69) is 5.32 Å². The first-order chi connectivity index (χ1) is 10.0. The molecule has 1 N–H and O–H groups in total. The van der Waals surface area contributed by atoms with Crippen molar-refractivity contribution in [3.8, 4) is 0 Å². The van der Waals surface area contributed by atoms with Gasteiger partial charge in [0.1, 0.15) is 0 Å². The molecule has 2 rings (SSSR count). The summed E-state index contributed by atoms with van der Waals surface area (Å²) in [5.41, 5.74) is 3.19. The first kappa shape index (κ1) is 15.7. The minimum Gasteiger partial charge on any atom is -0.465 e.